The van der Waals surface area contributed by atoms with E-state index in [9.17, 15) is 9.90 Å². The molecule has 0 radical (unpaired) electrons. The maximum atomic E-state index is 11.3. The number of rotatable bonds is 4. The molecule has 0 saturated heterocycles. The Bertz CT molecular complexity index is 787. The standard InChI is InChI=1S/C15H14N2O3S/c1-9(2)20-11-5-3-10(4-6-11)13-8-21-15-16-7-12(14(18)19)17(13)15/h3-9H,1-2H3,(H,18,19). The molecule has 21 heavy (non-hydrogen) atoms. The smallest absolute Gasteiger partial charge is 0.354 e. The second-order valence-corrected chi connectivity index (χ2v) is 5.72. The molecular formula is C15H14N2O3S. The molecule has 3 aromatic rings. The van der Waals surface area contributed by atoms with Gasteiger partial charge >= 0.3 is 5.97 Å². The molecule has 6 heteroatoms. The van der Waals surface area contributed by atoms with Crippen LogP contribution in [0.2, 0.25) is 0 Å². The van der Waals surface area contributed by atoms with Gasteiger partial charge in [-0.25, -0.2) is 9.78 Å². The Hall–Kier alpha value is -2.34. The molecule has 0 aliphatic rings. The second-order valence-electron chi connectivity index (χ2n) is 4.88. The molecule has 2 aromatic heterocycles. The number of hydrogen-bond acceptors (Lipinski definition) is 4. The van der Waals surface area contributed by atoms with Crippen LogP contribution >= 0.6 is 11.3 Å². The Kier molecular flexibility index (Phi) is 3.39. The lowest BCUT2D eigenvalue weighted by atomic mass is 10.1. The van der Waals surface area contributed by atoms with E-state index in [0.717, 1.165) is 17.0 Å². The molecule has 0 amide bonds. The number of fused-ring (bicyclic) bond motifs is 1. The molecule has 3 rings (SSSR count). The zero-order chi connectivity index (χ0) is 15.0. The van der Waals surface area contributed by atoms with Gasteiger partial charge in [-0.2, -0.15) is 0 Å². The van der Waals surface area contributed by atoms with Gasteiger partial charge in [0.2, 0.25) is 0 Å². The average molecular weight is 302 g/mol. The summed E-state index contributed by atoms with van der Waals surface area (Å²) < 4.78 is 7.27. The Labute approximate surface area is 125 Å². The summed E-state index contributed by atoms with van der Waals surface area (Å²) in [5.74, 6) is -0.189. The van der Waals surface area contributed by atoms with Crippen LogP contribution in [-0.2, 0) is 0 Å². The summed E-state index contributed by atoms with van der Waals surface area (Å²) in [4.78, 5) is 16.0. The van der Waals surface area contributed by atoms with E-state index in [2.05, 4.69) is 4.98 Å². The summed E-state index contributed by atoms with van der Waals surface area (Å²) in [6.07, 6.45) is 1.50. The van der Waals surface area contributed by atoms with Crippen molar-refractivity contribution in [1.82, 2.24) is 9.38 Å². The summed E-state index contributed by atoms with van der Waals surface area (Å²) in [5.41, 5.74) is 1.92. The van der Waals surface area contributed by atoms with E-state index < -0.39 is 5.97 Å². The van der Waals surface area contributed by atoms with Crippen molar-refractivity contribution in [2.75, 3.05) is 0 Å². The highest BCUT2D eigenvalue weighted by Gasteiger charge is 2.16. The summed E-state index contributed by atoms with van der Waals surface area (Å²) in [7, 11) is 0. The zero-order valence-corrected chi connectivity index (χ0v) is 12.4. The van der Waals surface area contributed by atoms with Gasteiger partial charge < -0.3 is 9.84 Å². The van der Waals surface area contributed by atoms with Crippen molar-refractivity contribution >= 4 is 22.3 Å². The number of aromatic carboxylic acids is 1. The van der Waals surface area contributed by atoms with Gasteiger partial charge in [-0.1, -0.05) is 0 Å². The first kappa shape index (κ1) is 13.6. The average Bonchev–Trinajstić information content (AvgIpc) is 3.00. The number of ether oxygens (including phenoxy) is 1. The van der Waals surface area contributed by atoms with Gasteiger partial charge in [0.05, 0.1) is 18.0 Å². The van der Waals surface area contributed by atoms with Crippen LogP contribution in [0.1, 0.15) is 24.3 Å². The summed E-state index contributed by atoms with van der Waals surface area (Å²) in [6.45, 7) is 3.95. The lowest BCUT2D eigenvalue weighted by Gasteiger charge is -2.10. The van der Waals surface area contributed by atoms with E-state index in [1.54, 1.807) is 4.40 Å². The molecule has 2 heterocycles. The molecule has 1 N–H and O–H groups in total. The molecule has 0 aliphatic carbocycles. The number of benzene rings is 1. The topological polar surface area (TPSA) is 63.8 Å². The Balaban J connectivity index is 2.04. The van der Waals surface area contributed by atoms with Crippen LogP contribution in [0.25, 0.3) is 16.2 Å². The second kappa shape index (κ2) is 5.21. The SMILES string of the molecule is CC(C)Oc1ccc(-c2csc3ncc(C(=O)O)n23)cc1. The van der Waals surface area contributed by atoms with Crippen LogP contribution in [-0.4, -0.2) is 26.6 Å². The van der Waals surface area contributed by atoms with Crippen LogP contribution in [0.15, 0.2) is 35.8 Å². The number of carbonyl (C=O) groups is 1. The minimum atomic E-state index is -0.984. The Morgan fingerprint density at radius 1 is 1.33 bits per heavy atom. The number of carboxylic acid groups (broad SMARTS) is 1. The molecule has 0 atom stereocenters. The third-order valence-electron chi connectivity index (χ3n) is 2.99. The highest BCUT2D eigenvalue weighted by atomic mass is 32.1. The maximum Gasteiger partial charge on any atom is 0.354 e. The van der Waals surface area contributed by atoms with Crippen LogP contribution in [0, 0.1) is 0 Å². The number of thiazole rings is 1. The summed E-state index contributed by atoms with van der Waals surface area (Å²) in [6, 6.07) is 7.61. The van der Waals surface area contributed by atoms with Crippen molar-refractivity contribution in [3.63, 3.8) is 0 Å². The van der Waals surface area contributed by atoms with Gasteiger partial charge in [-0.3, -0.25) is 4.40 Å². The lowest BCUT2D eigenvalue weighted by molar-refractivity contribution is 0.0689. The van der Waals surface area contributed by atoms with Crippen molar-refractivity contribution in [3.05, 3.63) is 41.5 Å². The molecule has 108 valence electrons. The van der Waals surface area contributed by atoms with Gasteiger partial charge in [0, 0.05) is 5.38 Å². The van der Waals surface area contributed by atoms with Crippen molar-refractivity contribution in [1.29, 1.82) is 0 Å². The summed E-state index contributed by atoms with van der Waals surface area (Å²) >= 11 is 1.42. The number of aromatic nitrogens is 2. The van der Waals surface area contributed by atoms with E-state index in [0.29, 0.717) is 4.96 Å². The fourth-order valence-corrected chi connectivity index (χ4v) is 3.01. The molecule has 0 unspecified atom stereocenters. The van der Waals surface area contributed by atoms with Gasteiger partial charge in [-0.15, -0.1) is 11.3 Å². The molecule has 5 nitrogen and oxygen atoms in total. The fraction of sp³-hybridized carbons (Fsp3) is 0.200. The Morgan fingerprint density at radius 3 is 2.67 bits per heavy atom. The maximum absolute atomic E-state index is 11.3. The zero-order valence-electron chi connectivity index (χ0n) is 11.6. The number of imidazole rings is 1. The first-order valence-electron chi connectivity index (χ1n) is 6.51. The van der Waals surface area contributed by atoms with Gasteiger partial charge in [0.15, 0.2) is 10.7 Å². The minimum Gasteiger partial charge on any atom is -0.491 e. The third kappa shape index (κ3) is 2.50. The first-order chi connectivity index (χ1) is 10.1. The van der Waals surface area contributed by atoms with Gasteiger partial charge in [0.1, 0.15) is 5.75 Å². The van der Waals surface area contributed by atoms with Crippen molar-refractivity contribution in [2.45, 2.75) is 20.0 Å². The van der Waals surface area contributed by atoms with E-state index in [1.807, 2.05) is 43.5 Å². The van der Waals surface area contributed by atoms with E-state index in [1.165, 1.54) is 17.5 Å². The van der Waals surface area contributed by atoms with Gasteiger partial charge in [0.25, 0.3) is 0 Å². The molecular weight excluding hydrogens is 288 g/mol. The van der Waals surface area contributed by atoms with Crippen molar-refractivity contribution in [2.24, 2.45) is 0 Å². The van der Waals surface area contributed by atoms with Crippen molar-refractivity contribution < 1.29 is 14.6 Å². The molecule has 0 saturated carbocycles. The number of nitrogens with zero attached hydrogens (tertiary/aromatic N) is 2. The van der Waals surface area contributed by atoms with E-state index in [4.69, 9.17) is 4.74 Å². The fourth-order valence-electron chi connectivity index (χ4n) is 2.14. The van der Waals surface area contributed by atoms with Crippen LogP contribution in [0.4, 0.5) is 0 Å². The number of hydrogen-bond donors (Lipinski definition) is 1. The van der Waals surface area contributed by atoms with Crippen LogP contribution in [0.3, 0.4) is 0 Å². The Morgan fingerprint density at radius 2 is 2.05 bits per heavy atom. The van der Waals surface area contributed by atoms with Gasteiger partial charge in [-0.05, 0) is 43.7 Å². The van der Waals surface area contributed by atoms with Crippen molar-refractivity contribution in [3.8, 4) is 17.0 Å². The van der Waals surface area contributed by atoms with Crippen LogP contribution < -0.4 is 4.74 Å². The first-order valence-corrected chi connectivity index (χ1v) is 7.39. The minimum absolute atomic E-state index is 0.121. The third-order valence-corrected chi connectivity index (χ3v) is 3.83. The highest BCUT2D eigenvalue weighted by Crippen LogP contribution is 2.28. The van der Waals surface area contributed by atoms with E-state index in [-0.39, 0.29) is 11.8 Å². The molecule has 0 bridgehead atoms. The highest BCUT2D eigenvalue weighted by molar-refractivity contribution is 7.15. The predicted molar refractivity (Wildman–Crippen MR) is 81.2 cm³/mol. The molecule has 0 spiro atoms. The van der Waals surface area contributed by atoms with E-state index >= 15 is 0 Å². The lowest BCUT2D eigenvalue weighted by Crippen LogP contribution is -2.05. The predicted octanol–water partition coefficient (Wildman–Crippen LogP) is 3.55. The van der Waals surface area contributed by atoms with Crippen LogP contribution in [0.5, 0.6) is 5.75 Å². The normalized spacial score (nSPS) is 11.2. The quantitative estimate of drug-likeness (QED) is 0.800. The molecule has 0 fully saturated rings. The monoisotopic (exact) mass is 302 g/mol. The molecule has 0 aliphatic heterocycles. The summed E-state index contributed by atoms with van der Waals surface area (Å²) in [5, 5.41) is 11.1. The number of carboxylic acids is 1. The molecule has 1 aromatic carbocycles. The largest absolute Gasteiger partial charge is 0.491 e.